The zero-order valence-corrected chi connectivity index (χ0v) is 16.8. The lowest BCUT2D eigenvalue weighted by molar-refractivity contribution is 0.174. The average molecular weight is 420 g/mol. The molecule has 0 bridgehead atoms. The first-order valence-electron chi connectivity index (χ1n) is 9.50. The van der Waals surface area contributed by atoms with Crippen LogP contribution in [0.4, 0.5) is 14.9 Å². The van der Waals surface area contributed by atoms with E-state index in [2.05, 4.69) is 17.3 Å². The zero-order chi connectivity index (χ0) is 19.3. The van der Waals surface area contributed by atoms with Crippen LogP contribution in [0.5, 0.6) is 11.5 Å². The summed E-state index contributed by atoms with van der Waals surface area (Å²) in [4.78, 5) is 16.9. The standard InChI is InChI=1S/C21H22FN3O3.ClH/c1-24-9-14-10-25(11-17(14)20(24)13-3-2-4-15(22)7-13)21(26)23-16-5-6-18-19(8-16)28-12-27-18;/h2-8,14,17,20H,9-12H2,1H3,(H,23,26);1H/t14-,17+,20-;/m0./s1. The number of benzene rings is 2. The summed E-state index contributed by atoms with van der Waals surface area (Å²) < 4.78 is 24.4. The van der Waals surface area contributed by atoms with E-state index in [1.807, 2.05) is 17.0 Å². The number of halogens is 2. The van der Waals surface area contributed by atoms with Gasteiger partial charge in [-0.2, -0.15) is 0 Å². The number of carbonyl (C=O) groups is 1. The van der Waals surface area contributed by atoms with Crippen molar-refractivity contribution in [1.82, 2.24) is 9.80 Å². The Labute approximate surface area is 175 Å². The Balaban J connectivity index is 0.00000205. The van der Waals surface area contributed by atoms with Crippen molar-refractivity contribution in [2.45, 2.75) is 6.04 Å². The normalized spacial score (nSPS) is 24.9. The predicted molar refractivity (Wildman–Crippen MR) is 109 cm³/mol. The van der Waals surface area contributed by atoms with Crippen molar-refractivity contribution in [3.05, 3.63) is 53.8 Å². The van der Waals surface area contributed by atoms with Gasteiger partial charge in [-0.1, -0.05) is 12.1 Å². The maximum atomic E-state index is 13.7. The van der Waals surface area contributed by atoms with Crippen molar-refractivity contribution in [2.24, 2.45) is 11.8 Å². The summed E-state index contributed by atoms with van der Waals surface area (Å²) in [5, 5.41) is 2.96. The highest BCUT2D eigenvalue weighted by Crippen LogP contribution is 2.44. The Morgan fingerprint density at radius 2 is 1.93 bits per heavy atom. The summed E-state index contributed by atoms with van der Waals surface area (Å²) in [7, 11) is 2.07. The lowest BCUT2D eigenvalue weighted by Gasteiger charge is -2.27. The van der Waals surface area contributed by atoms with Gasteiger partial charge in [0.2, 0.25) is 6.79 Å². The summed E-state index contributed by atoms with van der Waals surface area (Å²) in [5.41, 5.74) is 1.66. The molecule has 3 heterocycles. The summed E-state index contributed by atoms with van der Waals surface area (Å²) in [5.74, 6) is 1.80. The number of carbonyl (C=O) groups excluding carboxylic acids is 1. The second-order valence-corrected chi connectivity index (χ2v) is 7.77. The fraction of sp³-hybridized carbons (Fsp3) is 0.381. The molecule has 3 aliphatic rings. The molecule has 2 saturated heterocycles. The van der Waals surface area contributed by atoms with Crippen LogP contribution >= 0.6 is 12.4 Å². The maximum Gasteiger partial charge on any atom is 0.321 e. The minimum absolute atomic E-state index is 0. The van der Waals surface area contributed by atoms with Crippen LogP contribution in [-0.2, 0) is 0 Å². The Morgan fingerprint density at radius 3 is 2.76 bits per heavy atom. The van der Waals surface area contributed by atoms with E-state index < -0.39 is 0 Å². The average Bonchev–Trinajstić information content (AvgIpc) is 3.35. The number of rotatable bonds is 2. The lowest BCUT2D eigenvalue weighted by Crippen LogP contribution is -2.36. The molecule has 0 spiro atoms. The second kappa shape index (κ2) is 7.72. The Kier molecular flexibility index (Phi) is 5.27. The number of nitrogens with zero attached hydrogens (tertiary/aromatic N) is 2. The quantitative estimate of drug-likeness (QED) is 0.805. The molecule has 5 rings (SSSR count). The van der Waals surface area contributed by atoms with Crippen LogP contribution < -0.4 is 14.8 Å². The molecule has 154 valence electrons. The van der Waals surface area contributed by atoms with E-state index in [4.69, 9.17) is 9.47 Å². The zero-order valence-electron chi connectivity index (χ0n) is 16.0. The number of amides is 2. The van der Waals surface area contributed by atoms with Gasteiger partial charge in [0.25, 0.3) is 0 Å². The van der Waals surface area contributed by atoms with Gasteiger partial charge in [0.05, 0.1) is 0 Å². The van der Waals surface area contributed by atoms with E-state index in [0.717, 1.165) is 12.1 Å². The van der Waals surface area contributed by atoms with Crippen molar-refractivity contribution >= 4 is 24.1 Å². The van der Waals surface area contributed by atoms with E-state index >= 15 is 0 Å². The van der Waals surface area contributed by atoms with Gasteiger partial charge in [0, 0.05) is 43.3 Å². The molecule has 1 N–H and O–H groups in total. The van der Waals surface area contributed by atoms with Gasteiger partial charge in [-0.15, -0.1) is 12.4 Å². The van der Waals surface area contributed by atoms with E-state index in [1.165, 1.54) is 6.07 Å². The Morgan fingerprint density at radius 1 is 1.10 bits per heavy atom. The summed E-state index contributed by atoms with van der Waals surface area (Å²) >= 11 is 0. The molecule has 2 amide bonds. The highest BCUT2D eigenvalue weighted by atomic mass is 35.5. The number of ether oxygens (including phenoxy) is 2. The molecule has 2 aromatic rings. The first-order chi connectivity index (χ1) is 13.6. The van der Waals surface area contributed by atoms with Crippen molar-refractivity contribution in [2.75, 3.05) is 38.8 Å². The third kappa shape index (κ3) is 3.60. The maximum absolute atomic E-state index is 13.7. The van der Waals surface area contributed by atoms with Crippen LogP contribution in [0, 0.1) is 17.7 Å². The molecule has 0 aromatic heterocycles. The molecule has 2 fully saturated rings. The van der Waals surface area contributed by atoms with Gasteiger partial charge >= 0.3 is 6.03 Å². The largest absolute Gasteiger partial charge is 0.454 e. The summed E-state index contributed by atoms with van der Waals surface area (Å²) in [6, 6.07) is 12.2. The summed E-state index contributed by atoms with van der Waals surface area (Å²) in [6.45, 7) is 2.47. The number of nitrogens with one attached hydrogen (secondary N) is 1. The topological polar surface area (TPSA) is 54.0 Å². The molecule has 3 atom stereocenters. The first-order valence-corrected chi connectivity index (χ1v) is 9.50. The molecule has 3 aliphatic heterocycles. The van der Waals surface area contributed by atoms with Crippen LogP contribution in [0.2, 0.25) is 0 Å². The highest BCUT2D eigenvalue weighted by Gasteiger charge is 2.47. The molecule has 0 unspecified atom stereocenters. The number of fused-ring (bicyclic) bond motifs is 2. The number of anilines is 1. The van der Waals surface area contributed by atoms with E-state index in [9.17, 15) is 9.18 Å². The SMILES string of the molecule is CN1C[C@H]2CN(C(=O)Nc3ccc4c(c3)OCO4)C[C@H]2[C@@H]1c1cccc(F)c1.Cl. The molecular formula is C21H23ClFN3O3. The van der Waals surface area contributed by atoms with Crippen molar-refractivity contribution in [3.63, 3.8) is 0 Å². The molecular weight excluding hydrogens is 397 g/mol. The van der Waals surface area contributed by atoms with Crippen LogP contribution in [-0.4, -0.2) is 49.3 Å². The van der Waals surface area contributed by atoms with Crippen molar-refractivity contribution in [3.8, 4) is 11.5 Å². The lowest BCUT2D eigenvalue weighted by atomic mass is 9.89. The number of hydrogen-bond acceptors (Lipinski definition) is 4. The third-order valence-corrected chi connectivity index (χ3v) is 6.00. The van der Waals surface area contributed by atoms with Crippen molar-refractivity contribution < 1.29 is 18.7 Å². The first kappa shape index (κ1) is 19.8. The van der Waals surface area contributed by atoms with Gasteiger partial charge in [0.15, 0.2) is 11.5 Å². The molecule has 8 heteroatoms. The van der Waals surface area contributed by atoms with Gasteiger partial charge in [-0.25, -0.2) is 9.18 Å². The molecule has 6 nitrogen and oxygen atoms in total. The van der Waals surface area contributed by atoms with Gasteiger partial charge in [0.1, 0.15) is 5.82 Å². The number of hydrogen-bond donors (Lipinski definition) is 1. The van der Waals surface area contributed by atoms with Gasteiger partial charge in [-0.05, 0) is 42.8 Å². The Hall–Kier alpha value is -2.51. The van der Waals surface area contributed by atoms with E-state index in [1.54, 1.807) is 24.3 Å². The van der Waals surface area contributed by atoms with Crippen molar-refractivity contribution in [1.29, 1.82) is 0 Å². The molecule has 0 radical (unpaired) electrons. The molecule has 2 aromatic carbocycles. The van der Waals surface area contributed by atoms with E-state index in [0.29, 0.717) is 42.1 Å². The second-order valence-electron chi connectivity index (χ2n) is 7.77. The molecule has 29 heavy (non-hydrogen) atoms. The number of urea groups is 1. The van der Waals surface area contributed by atoms with Gasteiger partial charge in [-0.3, -0.25) is 4.90 Å². The van der Waals surface area contributed by atoms with Crippen LogP contribution in [0.3, 0.4) is 0 Å². The Bertz CT molecular complexity index is 928. The number of likely N-dealkylation sites (tertiary alicyclic amines) is 2. The predicted octanol–water partition coefficient (Wildman–Crippen LogP) is 3.74. The highest BCUT2D eigenvalue weighted by molar-refractivity contribution is 5.90. The van der Waals surface area contributed by atoms with Crippen LogP contribution in [0.25, 0.3) is 0 Å². The van der Waals surface area contributed by atoms with Crippen LogP contribution in [0.15, 0.2) is 42.5 Å². The molecule has 0 aliphatic carbocycles. The fourth-order valence-electron chi connectivity index (χ4n) is 4.79. The smallest absolute Gasteiger partial charge is 0.321 e. The van der Waals surface area contributed by atoms with Gasteiger partial charge < -0.3 is 19.7 Å². The van der Waals surface area contributed by atoms with Crippen LogP contribution in [0.1, 0.15) is 11.6 Å². The fourth-order valence-corrected chi connectivity index (χ4v) is 4.79. The third-order valence-electron chi connectivity index (χ3n) is 6.00. The monoisotopic (exact) mass is 419 g/mol. The summed E-state index contributed by atoms with van der Waals surface area (Å²) in [6.07, 6.45) is 0. The molecule has 0 saturated carbocycles. The van der Waals surface area contributed by atoms with E-state index in [-0.39, 0.29) is 37.1 Å². The minimum Gasteiger partial charge on any atom is -0.454 e. The minimum atomic E-state index is -0.218.